The highest BCUT2D eigenvalue weighted by Crippen LogP contribution is 2.25. The van der Waals surface area contributed by atoms with Crippen LogP contribution in [0, 0.1) is 0 Å². The molecular weight excluding hydrogens is 358 g/mol. The number of benzene rings is 2. The van der Waals surface area contributed by atoms with Crippen molar-refractivity contribution in [1.29, 1.82) is 0 Å². The molecule has 2 heterocycles. The molecule has 1 aromatic heterocycles. The zero-order valence-corrected chi connectivity index (χ0v) is 14.5. The number of amides is 2. The average Bonchev–Trinajstić information content (AvgIpc) is 2.71. The summed E-state index contributed by atoms with van der Waals surface area (Å²) in [4.78, 5) is 43.9. The summed E-state index contributed by atoms with van der Waals surface area (Å²) >= 11 is 0. The topological polar surface area (TPSA) is 106 Å². The zero-order chi connectivity index (χ0) is 19.3. The Morgan fingerprint density at radius 2 is 1.86 bits per heavy atom. The van der Waals surface area contributed by atoms with Gasteiger partial charge in [-0.3, -0.25) is 9.59 Å². The Morgan fingerprint density at radius 1 is 0.964 bits per heavy atom. The van der Waals surface area contributed by atoms with Crippen LogP contribution < -0.4 is 15.3 Å². The smallest absolute Gasteiger partial charge is 0.288 e. The van der Waals surface area contributed by atoms with Crippen molar-refractivity contribution in [3.05, 3.63) is 59.4 Å². The first-order valence-electron chi connectivity index (χ1n) is 8.36. The van der Waals surface area contributed by atoms with Gasteiger partial charge in [0.15, 0.2) is 12.4 Å². The quantitative estimate of drug-likeness (QED) is 0.585. The maximum atomic E-state index is 11.8. The molecule has 0 aliphatic carbocycles. The van der Waals surface area contributed by atoms with Gasteiger partial charge < -0.3 is 4.74 Å². The number of hydrogen-bond donors (Lipinski definition) is 0. The van der Waals surface area contributed by atoms with E-state index >= 15 is 0 Å². The van der Waals surface area contributed by atoms with Gasteiger partial charge in [-0.25, -0.2) is 24.9 Å². The lowest BCUT2D eigenvalue weighted by Crippen LogP contribution is -2.24. The first-order chi connectivity index (χ1) is 13.7. The molecule has 4 rings (SSSR count). The van der Waals surface area contributed by atoms with Crippen molar-refractivity contribution in [2.75, 3.05) is 6.61 Å². The molecule has 2 aromatic carbocycles. The highest BCUT2D eigenvalue weighted by molar-refractivity contribution is 6.30. The van der Waals surface area contributed by atoms with Gasteiger partial charge >= 0.3 is 0 Å². The highest BCUT2D eigenvalue weighted by Gasteiger charge is 2.07. The Hall–Kier alpha value is -4.07. The van der Waals surface area contributed by atoms with E-state index in [-0.39, 0.29) is 6.61 Å². The third-order valence-electron chi connectivity index (χ3n) is 3.89. The Morgan fingerprint density at radius 3 is 2.79 bits per heavy atom. The van der Waals surface area contributed by atoms with Crippen molar-refractivity contribution in [2.24, 2.45) is 15.0 Å². The summed E-state index contributed by atoms with van der Waals surface area (Å²) in [5.74, 6) is -0.343. The molecule has 8 heteroatoms. The number of carbonyl (C=O) groups is 2. The van der Waals surface area contributed by atoms with Gasteiger partial charge in [-0.15, -0.1) is 0 Å². The van der Waals surface area contributed by atoms with Crippen molar-refractivity contribution in [3.63, 3.8) is 0 Å². The molecule has 2 amide bonds. The largest absolute Gasteiger partial charge is 0.484 e. The van der Waals surface area contributed by atoms with E-state index in [0.717, 1.165) is 11.4 Å². The van der Waals surface area contributed by atoms with Crippen molar-refractivity contribution in [2.45, 2.75) is 0 Å². The maximum absolute atomic E-state index is 11.8. The van der Waals surface area contributed by atoms with Crippen molar-refractivity contribution in [3.8, 4) is 5.75 Å². The zero-order valence-electron chi connectivity index (χ0n) is 14.5. The van der Waals surface area contributed by atoms with Gasteiger partial charge in [-0.1, -0.05) is 18.2 Å². The number of fused-ring (bicyclic) bond motifs is 2. The number of hydrogen-bond acceptors (Lipinski definition) is 6. The summed E-state index contributed by atoms with van der Waals surface area (Å²) < 4.78 is 5.47. The molecule has 8 nitrogen and oxygen atoms in total. The standard InChI is InChI=1S/C20H13N5O3/c26-18-10-22-19(27)11-28-14-5-6-17-15(9-14)20(24-12-23-17)25-16-4-2-1-3-13(16)7-8-21-18/h1-10,12H,11H2. The maximum Gasteiger partial charge on any atom is 0.288 e. The molecule has 0 fully saturated rings. The molecule has 0 radical (unpaired) electrons. The minimum Gasteiger partial charge on any atom is -0.484 e. The third-order valence-corrected chi connectivity index (χ3v) is 3.89. The van der Waals surface area contributed by atoms with Crippen molar-refractivity contribution < 1.29 is 14.3 Å². The lowest BCUT2D eigenvalue weighted by Gasteiger charge is -2.06. The van der Waals surface area contributed by atoms with E-state index in [4.69, 9.17) is 4.74 Å². The monoisotopic (exact) mass is 371 g/mol. The normalized spacial score (nSPS) is 14.3. The van der Waals surface area contributed by atoms with E-state index in [1.54, 1.807) is 24.3 Å². The van der Waals surface area contributed by atoms with E-state index in [1.165, 1.54) is 12.5 Å². The second kappa shape index (κ2) is 7.67. The number of carbonyl (C=O) groups excluding carboxylic acids is 2. The Labute approximate surface area is 158 Å². The van der Waals surface area contributed by atoms with E-state index in [9.17, 15) is 9.59 Å². The van der Waals surface area contributed by atoms with Crippen molar-refractivity contribution in [1.82, 2.24) is 9.97 Å². The SMILES string of the molecule is O=C1C=NC(=O)COc2ccc3ncnc(c3c2)N=c2ccccc2=CC=N1. The van der Waals surface area contributed by atoms with Crippen LogP contribution in [0.4, 0.5) is 5.82 Å². The molecule has 136 valence electrons. The fourth-order valence-corrected chi connectivity index (χ4v) is 2.58. The lowest BCUT2D eigenvalue weighted by molar-refractivity contribution is -0.120. The van der Waals surface area contributed by atoms with Gasteiger partial charge in [-0.2, -0.15) is 0 Å². The molecule has 1 aliphatic rings. The van der Waals surface area contributed by atoms with E-state index in [0.29, 0.717) is 27.8 Å². The number of ether oxygens (including phenoxy) is 1. The van der Waals surface area contributed by atoms with E-state index < -0.39 is 11.8 Å². The fraction of sp³-hybridized carbons (Fsp3) is 0.0500. The first-order valence-corrected chi connectivity index (χ1v) is 8.36. The number of aromatic nitrogens is 2. The molecular formula is C20H13N5O3. The Balaban J connectivity index is 1.96. The number of rotatable bonds is 0. The van der Waals surface area contributed by atoms with Crippen LogP contribution in [0.3, 0.4) is 0 Å². The molecule has 0 spiro atoms. The van der Waals surface area contributed by atoms with E-state index in [2.05, 4.69) is 24.9 Å². The van der Waals surface area contributed by atoms with Crippen LogP contribution in [0.15, 0.2) is 63.8 Å². The first kappa shape index (κ1) is 17.3. The van der Waals surface area contributed by atoms with Crippen LogP contribution in [-0.4, -0.2) is 40.8 Å². The van der Waals surface area contributed by atoms with Crippen LogP contribution >= 0.6 is 0 Å². The van der Waals surface area contributed by atoms with Gasteiger partial charge in [-0.05, 0) is 30.3 Å². The van der Waals surface area contributed by atoms with Crippen LogP contribution in [0.2, 0.25) is 0 Å². The van der Waals surface area contributed by atoms with Crippen LogP contribution in [-0.2, 0) is 9.59 Å². The summed E-state index contributed by atoms with van der Waals surface area (Å²) in [7, 11) is 0. The summed E-state index contributed by atoms with van der Waals surface area (Å²) in [6, 6.07) is 12.5. The molecule has 0 saturated heterocycles. The molecule has 0 saturated carbocycles. The van der Waals surface area contributed by atoms with Gasteiger partial charge in [0.05, 0.1) is 17.1 Å². The third kappa shape index (κ3) is 3.85. The molecule has 28 heavy (non-hydrogen) atoms. The van der Waals surface area contributed by atoms with Gasteiger partial charge in [0, 0.05) is 16.8 Å². The Kier molecular flexibility index (Phi) is 4.75. The molecule has 0 unspecified atom stereocenters. The number of nitrogens with zero attached hydrogens (tertiary/aromatic N) is 5. The van der Waals surface area contributed by atoms with Crippen LogP contribution in [0.25, 0.3) is 17.0 Å². The highest BCUT2D eigenvalue weighted by atomic mass is 16.5. The number of aliphatic imine (C=N–C) groups is 2. The minimum atomic E-state index is -0.648. The molecule has 0 atom stereocenters. The molecule has 2 bridgehead atoms. The van der Waals surface area contributed by atoms with Crippen LogP contribution in [0.1, 0.15) is 0 Å². The molecule has 0 N–H and O–H groups in total. The van der Waals surface area contributed by atoms with Gasteiger partial charge in [0.25, 0.3) is 11.8 Å². The second-order valence-corrected chi connectivity index (χ2v) is 5.77. The molecule has 3 aromatic rings. The van der Waals surface area contributed by atoms with Crippen LogP contribution in [0.5, 0.6) is 5.75 Å². The summed E-state index contributed by atoms with van der Waals surface area (Å²) in [6.45, 7) is -0.311. The second-order valence-electron chi connectivity index (χ2n) is 5.77. The number of para-hydroxylation sites is 1. The fourth-order valence-electron chi connectivity index (χ4n) is 2.58. The van der Waals surface area contributed by atoms with Gasteiger partial charge in [0.2, 0.25) is 0 Å². The Bertz CT molecular complexity index is 1260. The lowest BCUT2D eigenvalue weighted by atomic mass is 10.2. The predicted molar refractivity (Wildman–Crippen MR) is 103 cm³/mol. The minimum absolute atomic E-state index is 0.311. The molecule has 1 aliphatic heterocycles. The van der Waals surface area contributed by atoms with Crippen molar-refractivity contribution >= 4 is 47.0 Å². The van der Waals surface area contributed by atoms with Gasteiger partial charge in [0.1, 0.15) is 12.1 Å². The summed E-state index contributed by atoms with van der Waals surface area (Å²) in [5.41, 5.74) is 0.695. The summed E-state index contributed by atoms with van der Waals surface area (Å²) in [6.07, 6.45) is 5.29. The van der Waals surface area contributed by atoms with E-state index in [1.807, 2.05) is 24.3 Å². The summed E-state index contributed by atoms with van der Waals surface area (Å²) in [5, 5.41) is 2.09. The predicted octanol–water partition coefficient (Wildman–Crippen LogP) is 0.949. The average molecular weight is 371 g/mol.